The van der Waals surface area contributed by atoms with Gasteiger partial charge in [0.15, 0.2) is 5.11 Å². The van der Waals surface area contributed by atoms with E-state index in [1.807, 2.05) is 24.3 Å². The SMILES string of the molecule is CCCc1ccc(C(=O)NC(=S)Nc2ccc(N)cc2)cc1.Cl. The number of rotatable bonds is 4. The second kappa shape index (κ2) is 9.12. The van der Waals surface area contributed by atoms with Crippen molar-refractivity contribution in [1.82, 2.24) is 5.32 Å². The van der Waals surface area contributed by atoms with Crippen molar-refractivity contribution in [2.24, 2.45) is 0 Å². The number of anilines is 2. The van der Waals surface area contributed by atoms with Crippen LogP contribution in [0.2, 0.25) is 0 Å². The zero-order chi connectivity index (χ0) is 15.9. The van der Waals surface area contributed by atoms with Gasteiger partial charge in [0.05, 0.1) is 0 Å². The van der Waals surface area contributed by atoms with Crippen LogP contribution in [-0.4, -0.2) is 11.0 Å². The molecule has 0 aliphatic heterocycles. The van der Waals surface area contributed by atoms with E-state index in [1.165, 1.54) is 5.56 Å². The van der Waals surface area contributed by atoms with Crippen molar-refractivity contribution in [3.8, 4) is 0 Å². The Bertz CT molecular complexity index is 657. The Morgan fingerprint density at radius 3 is 2.26 bits per heavy atom. The van der Waals surface area contributed by atoms with Gasteiger partial charge in [-0.3, -0.25) is 10.1 Å². The van der Waals surface area contributed by atoms with Crippen molar-refractivity contribution < 1.29 is 4.79 Å². The third kappa shape index (κ3) is 5.88. The maximum absolute atomic E-state index is 12.1. The van der Waals surface area contributed by atoms with E-state index in [2.05, 4.69) is 17.6 Å². The molecule has 0 aromatic heterocycles. The second-order valence-corrected chi connectivity index (χ2v) is 5.39. The first kappa shape index (κ1) is 18.9. The molecule has 4 nitrogen and oxygen atoms in total. The van der Waals surface area contributed by atoms with Crippen LogP contribution in [0.15, 0.2) is 48.5 Å². The van der Waals surface area contributed by atoms with Crippen molar-refractivity contribution >= 4 is 47.0 Å². The molecule has 122 valence electrons. The second-order valence-electron chi connectivity index (χ2n) is 4.98. The lowest BCUT2D eigenvalue weighted by molar-refractivity contribution is 0.0977. The minimum atomic E-state index is -0.226. The molecular weight excluding hydrogens is 330 g/mol. The predicted octanol–water partition coefficient (Wildman–Crippen LogP) is 3.77. The lowest BCUT2D eigenvalue weighted by Crippen LogP contribution is -2.34. The van der Waals surface area contributed by atoms with E-state index in [-0.39, 0.29) is 23.4 Å². The molecule has 2 aromatic rings. The van der Waals surface area contributed by atoms with Crippen LogP contribution in [0.3, 0.4) is 0 Å². The van der Waals surface area contributed by atoms with Crippen molar-refractivity contribution in [2.45, 2.75) is 19.8 Å². The summed E-state index contributed by atoms with van der Waals surface area (Å²) in [6.07, 6.45) is 2.10. The third-order valence-corrected chi connectivity index (χ3v) is 3.35. The van der Waals surface area contributed by atoms with Crippen molar-refractivity contribution in [1.29, 1.82) is 0 Å². The number of hydrogen-bond donors (Lipinski definition) is 3. The largest absolute Gasteiger partial charge is 0.399 e. The summed E-state index contributed by atoms with van der Waals surface area (Å²) in [5.41, 5.74) is 8.88. The van der Waals surface area contributed by atoms with Crippen molar-refractivity contribution in [3.63, 3.8) is 0 Å². The highest BCUT2D eigenvalue weighted by Gasteiger charge is 2.07. The van der Waals surface area contributed by atoms with Crippen LogP contribution in [0.5, 0.6) is 0 Å². The molecule has 23 heavy (non-hydrogen) atoms. The van der Waals surface area contributed by atoms with Gasteiger partial charge in [0.1, 0.15) is 0 Å². The molecule has 1 amide bonds. The van der Waals surface area contributed by atoms with E-state index in [4.69, 9.17) is 18.0 Å². The highest BCUT2D eigenvalue weighted by Crippen LogP contribution is 2.10. The smallest absolute Gasteiger partial charge is 0.257 e. The van der Waals surface area contributed by atoms with E-state index in [0.29, 0.717) is 11.3 Å². The fourth-order valence-corrected chi connectivity index (χ4v) is 2.23. The molecule has 2 rings (SSSR count). The number of hydrogen-bond acceptors (Lipinski definition) is 3. The molecule has 4 N–H and O–H groups in total. The number of carbonyl (C=O) groups excluding carboxylic acids is 1. The minimum absolute atomic E-state index is 0. The van der Waals surface area contributed by atoms with Gasteiger partial charge < -0.3 is 11.1 Å². The summed E-state index contributed by atoms with van der Waals surface area (Å²) in [7, 11) is 0. The molecule has 0 radical (unpaired) electrons. The topological polar surface area (TPSA) is 67.2 Å². The fraction of sp³-hybridized carbons (Fsp3) is 0.176. The normalized spacial score (nSPS) is 9.61. The number of benzene rings is 2. The Kier molecular flexibility index (Phi) is 7.51. The fourth-order valence-electron chi connectivity index (χ4n) is 2.02. The van der Waals surface area contributed by atoms with Gasteiger partial charge in [-0.15, -0.1) is 12.4 Å². The van der Waals surface area contributed by atoms with Gasteiger partial charge in [0.25, 0.3) is 5.91 Å². The molecular formula is C17H20ClN3OS. The molecule has 0 unspecified atom stereocenters. The quantitative estimate of drug-likeness (QED) is 0.580. The molecule has 0 aliphatic rings. The van der Waals surface area contributed by atoms with E-state index < -0.39 is 0 Å². The Hall–Kier alpha value is -2.11. The van der Waals surface area contributed by atoms with Crippen LogP contribution >= 0.6 is 24.6 Å². The molecule has 0 aliphatic carbocycles. The highest BCUT2D eigenvalue weighted by atomic mass is 35.5. The van der Waals surface area contributed by atoms with Gasteiger partial charge >= 0.3 is 0 Å². The van der Waals surface area contributed by atoms with E-state index in [9.17, 15) is 4.79 Å². The number of aryl methyl sites for hydroxylation is 1. The Labute approximate surface area is 147 Å². The number of halogens is 1. The Morgan fingerprint density at radius 1 is 1.09 bits per heavy atom. The maximum Gasteiger partial charge on any atom is 0.257 e. The average molecular weight is 350 g/mol. The van der Waals surface area contributed by atoms with Crippen molar-refractivity contribution in [2.75, 3.05) is 11.1 Å². The molecule has 0 saturated heterocycles. The predicted molar refractivity (Wildman–Crippen MR) is 102 cm³/mol. The lowest BCUT2D eigenvalue weighted by Gasteiger charge is -2.10. The highest BCUT2D eigenvalue weighted by molar-refractivity contribution is 7.80. The Balaban J connectivity index is 0.00000264. The molecule has 0 bridgehead atoms. The van der Waals surface area contributed by atoms with Crippen LogP contribution in [-0.2, 0) is 6.42 Å². The first-order valence-corrected chi connectivity index (χ1v) is 7.56. The number of nitrogens with two attached hydrogens (primary N) is 1. The molecule has 6 heteroatoms. The van der Waals surface area contributed by atoms with Gasteiger partial charge in [-0.2, -0.15) is 0 Å². The molecule has 0 heterocycles. The molecule has 0 spiro atoms. The number of carbonyl (C=O) groups is 1. The van der Waals surface area contributed by atoms with E-state index in [1.54, 1.807) is 24.3 Å². The van der Waals surface area contributed by atoms with E-state index in [0.717, 1.165) is 18.5 Å². The van der Waals surface area contributed by atoms with Crippen LogP contribution < -0.4 is 16.4 Å². The maximum atomic E-state index is 12.1. The average Bonchev–Trinajstić information content (AvgIpc) is 2.50. The van der Waals surface area contributed by atoms with Crippen LogP contribution in [0.4, 0.5) is 11.4 Å². The van der Waals surface area contributed by atoms with Gasteiger partial charge in [0.2, 0.25) is 0 Å². The van der Waals surface area contributed by atoms with Crippen LogP contribution in [0.1, 0.15) is 29.3 Å². The zero-order valence-electron chi connectivity index (χ0n) is 12.8. The summed E-state index contributed by atoms with van der Waals surface area (Å²) in [6.45, 7) is 2.13. The third-order valence-electron chi connectivity index (χ3n) is 3.15. The minimum Gasteiger partial charge on any atom is -0.399 e. The molecule has 0 atom stereocenters. The van der Waals surface area contributed by atoms with Crippen LogP contribution in [0.25, 0.3) is 0 Å². The molecule has 0 saturated carbocycles. The number of amides is 1. The Morgan fingerprint density at radius 2 is 1.70 bits per heavy atom. The van der Waals surface area contributed by atoms with Gasteiger partial charge in [-0.1, -0.05) is 25.5 Å². The number of nitrogens with one attached hydrogen (secondary N) is 2. The zero-order valence-corrected chi connectivity index (χ0v) is 14.5. The van der Waals surface area contributed by atoms with Gasteiger partial charge in [-0.25, -0.2) is 0 Å². The summed E-state index contributed by atoms with van der Waals surface area (Å²) in [6, 6.07) is 14.7. The summed E-state index contributed by atoms with van der Waals surface area (Å²) in [5, 5.41) is 5.86. The summed E-state index contributed by atoms with van der Waals surface area (Å²) < 4.78 is 0. The van der Waals surface area contributed by atoms with Crippen LogP contribution in [0, 0.1) is 0 Å². The monoisotopic (exact) mass is 349 g/mol. The van der Waals surface area contributed by atoms with Crippen molar-refractivity contribution in [3.05, 3.63) is 59.7 Å². The number of thiocarbonyl (C=S) groups is 1. The van der Waals surface area contributed by atoms with E-state index >= 15 is 0 Å². The summed E-state index contributed by atoms with van der Waals surface area (Å²) in [4.78, 5) is 12.1. The standard InChI is InChI=1S/C17H19N3OS.ClH/c1-2-3-12-4-6-13(7-5-12)16(21)20-17(22)19-15-10-8-14(18)9-11-15;/h4-11H,2-3,18H2,1H3,(H2,19,20,21,22);1H. The van der Waals surface area contributed by atoms with Gasteiger partial charge in [-0.05, 0) is 60.6 Å². The molecule has 2 aromatic carbocycles. The summed E-state index contributed by atoms with van der Waals surface area (Å²) >= 11 is 5.14. The molecule has 0 fully saturated rings. The van der Waals surface area contributed by atoms with Gasteiger partial charge in [0, 0.05) is 16.9 Å². The number of nitrogen functional groups attached to an aromatic ring is 1. The lowest BCUT2D eigenvalue weighted by atomic mass is 10.1. The first-order chi connectivity index (χ1) is 10.6. The summed E-state index contributed by atoms with van der Waals surface area (Å²) in [5.74, 6) is -0.226. The first-order valence-electron chi connectivity index (χ1n) is 7.15.